The Morgan fingerprint density at radius 1 is 1.09 bits per heavy atom. The van der Waals surface area contributed by atoms with Gasteiger partial charge in [-0.05, 0) is 24.3 Å². The molecule has 2 heterocycles. The highest BCUT2D eigenvalue weighted by Gasteiger charge is 2.16. The first-order valence-electron chi connectivity index (χ1n) is 6.58. The van der Waals surface area contributed by atoms with E-state index >= 15 is 0 Å². The van der Waals surface area contributed by atoms with Crippen LogP contribution in [0, 0.1) is 0 Å². The van der Waals surface area contributed by atoms with Crippen LogP contribution in [0.3, 0.4) is 0 Å². The molecule has 3 rings (SSSR count). The largest absolute Gasteiger partial charge is 0.480 e. The van der Waals surface area contributed by atoms with Crippen molar-refractivity contribution in [1.29, 1.82) is 0 Å². The van der Waals surface area contributed by atoms with Gasteiger partial charge in [-0.3, -0.25) is 9.78 Å². The van der Waals surface area contributed by atoms with Crippen LogP contribution in [0.2, 0.25) is 5.02 Å². The van der Waals surface area contributed by atoms with E-state index in [1.807, 2.05) is 24.3 Å². The molecule has 0 saturated carbocycles. The number of hydrogen-bond acceptors (Lipinski definition) is 3. The van der Waals surface area contributed by atoms with Crippen molar-refractivity contribution >= 4 is 17.6 Å². The number of imidazole rings is 1. The van der Waals surface area contributed by atoms with Crippen molar-refractivity contribution in [3.63, 3.8) is 0 Å². The third-order valence-corrected chi connectivity index (χ3v) is 3.47. The molecule has 6 heteroatoms. The summed E-state index contributed by atoms with van der Waals surface area (Å²) in [5.74, 6) is -0.921. The predicted octanol–water partition coefficient (Wildman–Crippen LogP) is 3.35. The van der Waals surface area contributed by atoms with E-state index in [0.717, 1.165) is 16.8 Å². The summed E-state index contributed by atoms with van der Waals surface area (Å²) >= 11 is 5.92. The molecule has 0 fully saturated rings. The van der Waals surface area contributed by atoms with Crippen LogP contribution in [0.5, 0.6) is 0 Å². The number of hydrogen-bond donors (Lipinski definition) is 1. The van der Waals surface area contributed by atoms with Gasteiger partial charge >= 0.3 is 5.97 Å². The standard InChI is InChI=1S/C16H12ClN3O2/c17-13-3-1-11(2-4-13)15-16(12-5-7-18-8-6-12)20(10-19-15)9-14(21)22/h1-8,10H,9H2,(H,21,22). The van der Waals surface area contributed by atoms with E-state index in [9.17, 15) is 4.79 Å². The van der Waals surface area contributed by atoms with E-state index in [1.165, 1.54) is 6.33 Å². The van der Waals surface area contributed by atoms with Gasteiger partial charge in [0, 0.05) is 28.5 Å². The maximum atomic E-state index is 11.1. The van der Waals surface area contributed by atoms with Crippen LogP contribution >= 0.6 is 11.6 Å². The number of benzene rings is 1. The summed E-state index contributed by atoms with van der Waals surface area (Å²) in [7, 11) is 0. The van der Waals surface area contributed by atoms with Crippen molar-refractivity contribution in [3.8, 4) is 22.5 Å². The Labute approximate surface area is 131 Å². The number of pyridine rings is 1. The SMILES string of the molecule is O=C(O)Cn1cnc(-c2ccc(Cl)cc2)c1-c1ccncc1. The van der Waals surface area contributed by atoms with Gasteiger partial charge in [-0.25, -0.2) is 4.98 Å². The zero-order chi connectivity index (χ0) is 15.5. The molecule has 0 amide bonds. The first-order valence-corrected chi connectivity index (χ1v) is 6.96. The van der Waals surface area contributed by atoms with Crippen molar-refractivity contribution < 1.29 is 9.90 Å². The second kappa shape index (κ2) is 5.99. The Morgan fingerprint density at radius 2 is 1.77 bits per heavy atom. The van der Waals surface area contributed by atoms with Gasteiger partial charge < -0.3 is 9.67 Å². The van der Waals surface area contributed by atoms with Crippen LogP contribution in [0.4, 0.5) is 0 Å². The molecule has 5 nitrogen and oxygen atoms in total. The summed E-state index contributed by atoms with van der Waals surface area (Å²) in [6.07, 6.45) is 4.87. The highest BCUT2D eigenvalue weighted by molar-refractivity contribution is 6.30. The molecule has 0 aliphatic rings. The molecule has 1 N–H and O–H groups in total. The Kier molecular flexibility index (Phi) is 3.89. The fourth-order valence-electron chi connectivity index (χ4n) is 2.28. The molecule has 3 aromatic rings. The van der Waals surface area contributed by atoms with Crippen molar-refractivity contribution in [2.45, 2.75) is 6.54 Å². The van der Waals surface area contributed by atoms with Gasteiger partial charge in [0.2, 0.25) is 0 Å². The molecular formula is C16H12ClN3O2. The van der Waals surface area contributed by atoms with Gasteiger partial charge in [0.1, 0.15) is 6.54 Å². The first-order chi connectivity index (χ1) is 10.6. The third kappa shape index (κ3) is 2.84. The van der Waals surface area contributed by atoms with E-state index in [1.54, 1.807) is 29.1 Å². The van der Waals surface area contributed by atoms with Crippen LogP contribution in [-0.2, 0) is 11.3 Å². The third-order valence-electron chi connectivity index (χ3n) is 3.21. The molecule has 0 unspecified atom stereocenters. The number of carboxylic acids is 1. The smallest absolute Gasteiger partial charge is 0.323 e. The number of carboxylic acid groups (broad SMARTS) is 1. The number of rotatable bonds is 4. The molecule has 2 aromatic heterocycles. The lowest BCUT2D eigenvalue weighted by atomic mass is 10.1. The van der Waals surface area contributed by atoms with E-state index < -0.39 is 5.97 Å². The first kappa shape index (κ1) is 14.3. The van der Waals surface area contributed by atoms with E-state index in [4.69, 9.17) is 16.7 Å². The minimum atomic E-state index is -0.921. The van der Waals surface area contributed by atoms with Crippen LogP contribution < -0.4 is 0 Å². The lowest BCUT2D eigenvalue weighted by Gasteiger charge is -2.08. The molecule has 1 aromatic carbocycles. The van der Waals surface area contributed by atoms with E-state index in [0.29, 0.717) is 10.7 Å². The number of carbonyl (C=O) groups is 1. The van der Waals surface area contributed by atoms with Crippen LogP contribution in [0.1, 0.15) is 0 Å². The number of aliphatic carboxylic acids is 1. The minimum absolute atomic E-state index is 0.155. The number of nitrogens with zero attached hydrogens (tertiary/aromatic N) is 3. The van der Waals surface area contributed by atoms with Crippen LogP contribution in [0.25, 0.3) is 22.5 Å². The quantitative estimate of drug-likeness (QED) is 0.802. The fourth-order valence-corrected chi connectivity index (χ4v) is 2.41. The molecule has 0 radical (unpaired) electrons. The zero-order valence-corrected chi connectivity index (χ0v) is 12.2. The zero-order valence-electron chi connectivity index (χ0n) is 11.5. The average Bonchev–Trinajstić information content (AvgIpc) is 2.91. The second-order valence-corrected chi connectivity index (χ2v) is 5.14. The van der Waals surface area contributed by atoms with Crippen LogP contribution in [-0.4, -0.2) is 25.6 Å². The minimum Gasteiger partial charge on any atom is -0.480 e. The summed E-state index contributed by atoms with van der Waals surface area (Å²) in [6, 6.07) is 10.9. The molecule has 0 spiro atoms. The number of aromatic nitrogens is 3. The maximum Gasteiger partial charge on any atom is 0.323 e. The van der Waals surface area contributed by atoms with Gasteiger partial charge in [0.05, 0.1) is 17.7 Å². The molecule has 0 aliphatic carbocycles. The molecule has 0 saturated heterocycles. The predicted molar refractivity (Wildman–Crippen MR) is 83.5 cm³/mol. The Balaban J connectivity index is 2.16. The molecule has 0 aliphatic heterocycles. The van der Waals surface area contributed by atoms with Gasteiger partial charge in [-0.2, -0.15) is 0 Å². The summed E-state index contributed by atoms with van der Waals surface area (Å²) in [5.41, 5.74) is 3.19. The normalized spacial score (nSPS) is 10.6. The Morgan fingerprint density at radius 3 is 2.41 bits per heavy atom. The van der Waals surface area contributed by atoms with Gasteiger partial charge in [-0.15, -0.1) is 0 Å². The maximum absolute atomic E-state index is 11.1. The molecule has 0 bridgehead atoms. The highest BCUT2D eigenvalue weighted by Crippen LogP contribution is 2.31. The highest BCUT2D eigenvalue weighted by atomic mass is 35.5. The lowest BCUT2D eigenvalue weighted by molar-refractivity contribution is -0.137. The van der Waals surface area contributed by atoms with Gasteiger partial charge in [0.15, 0.2) is 0 Å². The Hall–Kier alpha value is -2.66. The van der Waals surface area contributed by atoms with Crippen LogP contribution in [0.15, 0.2) is 55.1 Å². The summed E-state index contributed by atoms with van der Waals surface area (Å²) < 4.78 is 1.61. The molecule has 110 valence electrons. The Bertz CT molecular complexity index is 798. The average molecular weight is 314 g/mol. The van der Waals surface area contributed by atoms with Gasteiger partial charge in [-0.1, -0.05) is 23.7 Å². The molecule has 0 atom stereocenters. The van der Waals surface area contributed by atoms with E-state index in [2.05, 4.69) is 9.97 Å². The van der Waals surface area contributed by atoms with Crippen molar-refractivity contribution in [3.05, 3.63) is 60.1 Å². The fraction of sp³-hybridized carbons (Fsp3) is 0.0625. The molecule has 22 heavy (non-hydrogen) atoms. The summed E-state index contributed by atoms with van der Waals surface area (Å²) in [6.45, 7) is -0.155. The van der Waals surface area contributed by atoms with Crippen molar-refractivity contribution in [1.82, 2.24) is 14.5 Å². The number of halogens is 1. The van der Waals surface area contributed by atoms with Gasteiger partial charge in [0.25, 0.3) is 0 Å². The summed E-state index contributed by atoms with van der Waals surface area (Å²) in [5, 5.41) is 9.71. The lowest BCUT2D eigenvalue weighted by Crippen LogP contribution is -2.09. The second-order valence-electron chi connectivity index (χ2n) is 4.71. The van der Waals surface area contributed by atoms with E-state index in [-0.39, 0.29) is 6.54 Å². The topological polar surface area (TPSA) is 68.0 Å². The molecular weight excluding hydrogens is 302 g/mol. The monoisotopic (exact) mass is 313 g/mol. The summed E-state index contributed by atoms with van der Waals surface area (Å²) in [4.78, 5) is 19.4. The van der Waals surface area contributed by atoms with Crippen molar-refractivity contribution in [2.24, 2.45) is 0 Å². The van der Waals surface area contributed by atoms with Crippen molar-refractivity contribution in [2.75, 3.05) is 0 Å².